The van der Waals surface area contributed by atoms with Gasteiger partial charge in [-0.15, -0.1) is 0 Å². The third-order valence-corrected chi connectivity index (χ3v) is 12.1. The van der Waals surface area contributed by atoms with Crippen LogP contribution < -0.4 is 0 Å². The molecule has 0 N–H and O–H groups in total. The number of nitrogens with zero attached hydrogens (tertiary/aromatic N) is 4. The zero-order valence-corrected chi connectivity index (χ0v) is 33.7. The summed E-state index contributed by atoms with van der Waals surface area (Å²) in [7, 11) is 0. The lowest BCUT2D eigenvalue weighted by atomic mass is 9.99. The third-order valence-electron chi connectivity index (χ3n) is 12.1. The molecule has 62 heavy (non-hydrogen) atoms. The van der Waals surface area contributed by atoms with Gasteiger partial charge in [0.2, 0.25) is 0 Å². The van der Waals surface area contributed by atoms with Crippen molar-refractivity contribution >= 4 is 43.7 Å². The van der Waals surface area contributed by atoms with Crippen LogP contribution in [0.2, 0.25) is 0 Å². The number of para-hydroxylation sites is 1. The van der Waals surface area contributed by atoms with E-state index >= 15 is 0 Å². The van der Waals surface area contributed by atoms with Gasteiger partial charge in [-0.05, 0) is 75.8 Å². The average Bonchev–Trinajstić information content (AvgIpc) is 3.86. The molecule has 0 fully saturated rings. The van der Waals surface area contributed by atoms with E-state index in [1.54, 1.807) is 0 Å². The minimum Gasteiger partial charge on any atom is -0.309 e. The maximum absolute atomic E-state index is 5.40. The fraction of sp³-hybridized carbons (Fsp3) is 0. The lowest BCUT2D eigenvalue weighted by Crippen LogP contribution is -1.99. The number of fused-ring (bicyclic) bond motifs is 6. The first-order valence-corrected chi connectivity index (χ1v) is 21.1. The predicted octanol–water partition coefficient (Wildman–Crippen LogP) is 15.0. The fourth-order valence-electron chi connectivity index (χ4n) is 9.16. The van der Waals surface area contributed by atoms with Gasteiger partial charge in [-0.2, -0.15) is 0 Å². The Kier molecular flexibility index (Phi) is 8.46. The topological polar surface area (TPSA) is 35.6 Å². The minimum absolute atomic E-state index is 0.692. The van der Waals surface area contributed by atoms with Gasteiger partial charge in [0.1, 0.15) is 5.65 Å². The summed E-state index contributed by atoms with van der Waals surface area (Å²) in [4.78, 5) is 10.8. The molecule has 0 aliphatic rings. The largest absolute Gasteiger partial charge is 0.309 e. The summed E-state index contributed by atoms with van der Waals surface area (Å²) in [6, 6.07) is 82.2. The van der Waals surface area contributed by atoms with E-state index in [1.807, 2.05) is 18.2 Å². The van der Waals surface area contributed by atoms with Crippen molar-refractivity contribution in [3.63, 3.8) is 0 Å². The summed E-state index contributed by atoms with van der Waals surface area (Å²) in [5.41, 5.74) is 16.4. The van der Waals surface area contributed by atoms with Crippen LogP contribution in [0.1, 0.15) is 0 Å². The first kappa shape index (κ1) is 35.6. The summed E-state index contributed by atoms with van der Waals surface area (Å²) < 4.78 is 4.75. The molecule has 0 aliphatic carbocycles. The maximum Gasteiger partial charge on any atom is 0.162 e. The molecule has 290 valence electrons. The number of benzene rings is 9. The van der Waals surface area contributed by atoms with Crippen LogP contribution in [0.5, 0.6) is 0 Å². The fourth-order valence-corrected chi connectivity index (χ4v) is 9.16. The highest BCUT2D eigenvalue weighted by Gasteiger charge is 2.23. The van der Waals surface area contributed by atoms with Gasteiger partial charge >= 0.3 is 0 Å². The highest BCUT2D eigenvalue weighted by atomic mass is 15.1. The average molecular weight is 791 g/mol. The quantitative estimate of drug-likeness (QED) is 0.161. The molecule has 0 aliphatic heterocycles. The van der Waals surface area contributed by atoms with Gasteiger partial charge < -0.3 is 4.57 Å². The molecule has 0 saturated heterocycles. The van der Waals surface area contributed by atoms with E-state index in [9.17, 15) is 0 Å². The second kappa shape index (κ2) is 14.7. The van der Waals surface area contributed by atoms with Crippen LogP contribution in [0.25, 0.3) is 111 Å². The predicted molar refractivity (Wildman–Crippen MR) is 258 cm³/mol. The lowest BCUT2D eigenvalue weighted by molar-refractivity contribution is 1.11. The molecule has 0 saturated carbocycles. The van der Waals surface area contributed by atoms with Crippen molar-refractivity contribution in [3.8, 4) is 67.4 Å². The molecule has 3 heterocycles. The molecule has 0 unspecified atom stereocenters. The summed E-state index contributed by atoms with van der Waals surface area (Å²) in [6.45, 7) is 0. The Hall–Kier alpha value is -8.34. The monoisotopic (exact) mass is 790 g/mol. The first-order chi connectivity index (χ1) is 30.7. The van der Waals surface area contributed by atoms with Gasteiger partial charge in [-0.3, -0.25) is 4.57 Å². The van der Waals surface area contributed by atoms with Crippen LogP contribution in [-0.4, -0.2) is 19.1 Å². The zero-order valence-electron chi connectivity index (χ0n) is 33.7. The van der Waals surface area contributed by atoms with E-state index in [0.717, 1.165) is 61.2 Å². The van der Waals surface area contributed by atoms with Crippen molar-refractivity contribution in [3.05, 3.63) is 231 Å². The van der Waals surface area contributed by atoms with Gasteiger partial charge in [-0.1, -0.05) is 188 Å². The maximum atomic E-state index is 5.40. The molecule has 4 heteroatoms. The SMILES string of the molecule is c1ccc(-c2ccc(-c3ccc4c5ccc(-c6ccccc6)cc5n(-c5ccc6c(c5)c5c(-c7ccccc7)nc(-c7ccccc7)nc5n6-c5ccccc5)c4c3)cc2)cc1. The summed E-state index contributed by atoms with van der Waals surface area (Å²) in [6.07, 6.45) is 0. The molecule has 0 amide bonds. The Labute approximate surface area is 359 Å². The Morgan fingerprint density at radius 1 is 0.274 bits per heavy atom. The van der Waals surface area contributed by atoms with Crippen molar-refractivity contribution in [2.45, 2.75) is 0 Å². The van der Waals surface area contributed by atoms with Gasteiger partial charge in [0.15, 0.2) is 5.82 Å². The minimum atomic E-state index is 0.692. The molecular formula is C58H38N4. The Morgan fingerprint density at radius 3 is 1.29 bits per heavy atom. The van der Waals surface area contributed by atoms with Gasteiger partial charge in [0.25, 0.3) is 0 Å². The number of hydrogen-bond acceptors (Lipinski definition) is 2. The molecule has 0 spiro atoms. The lowest BCUT2D eigenvalue weighted by Gasteiger charge is -2.12. The number of aromatic nitrogens is 4. The van der Waals surface area contributed by atoms with Crippen LogP contribution in [0.4, 0.5) is 0 Å². The second-order valence-electron chi connectivity index (χ2n) is 15.8. The standard InChI is InChI=1S/C58H38N4/c1-6-16-39(17-7-1)41-26-28-42(29-27-41)46-31-34-50-49-33-30-45(40-18-8-2-9-19-40)36-53(49)61(54(50)37-46)48-32-35-52-51(38-48)55-56(43-20-10-3-11-21-43)59-57(44-22-12-4-13-23-44)60-58(55)62(52)47-24-14-5-15-25-47/h1-38H. The van der Waals surface area contributed by atoms with E-state index in [1.165, 1.54) is 44.2 Å². The van der Waals surface area contributed by atoms with Crippen molar-refractivity contribution in [2.75, 3.05) is 0 Å². The molecule has 9 aromatic carbocycles. The zero-order chi connectivity index (χ0) is 41.0. The summed E-state index contributed by atoms with van der Waals surface area (Å²) in [5, 5.41) is 4.51. The Bertz CT molecular complexity index is 3580. The second-order valence-corrected chi connectivity index (χ2v) is 15.8. The number of hydrogen-bond donors (Lipinski definition) is 0. The summed E-state index contributed by atoms with van der Waals surface area (Å²) in [5.74, 6) is 0.692. The van der Waals surface area contributed by atoms with E-state index in [4.69, 9.17) is 9.97 Å². The van der Waals surface area contributed by atoms with Crippen LogP contribution in [0.3, 0.4) is 0 Å². The smallest absolute Gasteiger partial charge is 0.162 e. The highest BCUT2D eigenvalue weighted by molar-refractivity contribution is 6.16. The normalized spacial score (nSPS) is 11.5. The Morgan fingerprint density at radius 2 is 0.726 bits per heavy atom. The van der Waals surface area contributed by atoms with Crippen molar-refractivity contribution in [1.82, 2.24) is 19.1 Å². The van der Waals surface area contributed by atoms with E-state index < -0.39 is 0 Å². The highest BCUT2D eigenvalue weighted by Crippen LogP contribution is 2.42. The van der Waals surface area contributed by atoms with E-state index in [2.05, 4.69) is 221 Å². The van der Waals surface area contributed by atoms with Crippen molar-refractivity contribution in [1.29, 1.82) is 0 Å². The van der Waals surface area contributed by atoms with E-state index in [-0.39, 0.29) is 0 Å². The van der Waals surface area contributed by atoms with Crippen molar-refractivity contribution < 1.29 is 0 Å². The van der Waals surface area contributed by atoms with Gasteiger partial charge in [-0.25, -0.2) is 9.97 Å². The molecule has 3 aromatic heterocycles. The van der Waals surface area contributed by atoms with Crippen LogP contribution in [0, 0.1) is 0 Å². The molecule has 4 nitrogen and oxygen atoms in total. The van der Waals surface area contributed by atoms with Crippen LogP contribution in [0.15, 0.2) is 231 Å². The van der Waals surface area contributed by atoms with Crippen LogP contribution >= 0.6 is 0 Å². The van der Waals surface area contributed by atoms with Gasteiger partial charge in [0, 0.05) is 38.7 Å². The summed E-state index contributed by atoms with van der Waals surface area (Å²) >= 11 is 0. The molecule has 0 atom stereocenters. The molecule has 0 bridgehead atoms. The van der Waals surface area contributed by atoms with Crippen LogP contribution in [-0.2, 0) is 0 Å². The van der Waals surface area contributed by atoms with E-state index in [0.29, 0.717) is 5.82 Å². The molecule has 0 radical (unpaired) electrons. The number of rotatable bonds is 7. The van der Waals surface area contributed by atoms with Crippen molar-refractivity contribution in [2.24, 2.45) is 0 Å². The first-order valence-electron chi connectivity index (χ1n) is 21.1. The van der Waals surface area contributed by atoms with Gasteiger partial charge in [0.05, 0.1) is 27.6 Å². The molecular weight excluding hydrogens is 753 g/mol. The Balaban J connectivity index is 1.14. The third kappa shape index (κ3) is 6.00. The molecule has 12 aromatic rings. The molecule has 12 rings (SSSR count).